The van der Waals surface area contributed by atoms with Crippen molar-refractivity contribution in [1.29, 1.82) is 0 Å². The number of nitrogens with one attached hydrogen (secondary N) is 1. The van der Waals surface area contributed by atoms with Gasteiger partial charge in [-0.2, -0.15) is 0 Å². The molecular formula is C16H24FNO2. The largest absolute Gasteiger partial charge is 0.383 e. The van der Waals surface area contributed by atoms with Crippen LogP contribution in [-0.2, 0) is 9.47 Å². The van der Waals surface area contributed by atoms with E-state index in [0.717, 1.165) is 38.1 Å². The zero-order valence-electron chi connectivity index (χ0n) is 12.3. The smallest absolute Gasteiger partial charge is 0.126 e. The lowest BCUT2D eigenvalue weighted by atomic mass is 9.89. The normalized spacial score (nSPS) is 22.9. The molecule has 4 heteroatoms. The lowest BCUT2D eigenvalue weighted by Crippen LogP contribution is -2.33. The average molecular weight is 281 g/mol. The van der Waals surface area contributed by atoms with E-state index < -0.39 is 0 Å². The Morgan fingerprint density at radius 1 is 1.45 bits per heavy atom. The van der Waals surface area contributed by atoms with Gasteiger partial charge in [0.2, 0.25) is 0 Å². The Morgan fingerprint density at radius 2 is 2.30 bits per heavy atom. The van der Waals surface area contributed by atoms with Crippen LogP contribution in [0, 0.1) is 18.7 Å². The fourth-order valence-corrected chi connectivity index (χ4v) is 2.67. The molecule has 0 radical (unpaired) electrons. The fraction of sp³-hybridized carbons (Fsp3) is 0.625. The first kappa shape index (κ1) is 15.4. The van der Waals surface area contributed by atoms with Gasteiger partial charge >= 0.3 is 0 Å². The minimum absolute atomic E-state index is 0.00565. The summed E-state index contributed by atoms with van der Waals surface area (Å²) in [6, 6.07) is 5.43. The van der Waals surface area contributed by atoms with E-state index in [1.54, 1.807) is 20.1 Å². The Hall–Kier alpha value is -0.970. The predicted octanol–water partition coefficient (Wildman–Crippen LogP) is 2.84. The highest BCUT2D eigenvalue weighted by Crippen LogP contribution is 2.33. The number of aryl methyl sites for hydroxylation is 1. The highest BCUT2D eigenvalue weighted by atomic mass is 19.1. The first-order chi connectivity index (χ1) is 9.72. The monoisotopic (exact) mass is 281 g/mol. The van der Waals surface area contributed by atoms with E-state index in [1.165, 1.54) is 0 Å². The molecule has 0 aliphatic carbocycles. The minimum atomic E-state index is -0.150. The highest BCUT2D eigenvalue weighted by Gasteiger charge is 2.27. The SMILES string of the molecule is COCCNCC1CCCOC1c1ccc(C)c(F)c1. The van der Waals surface area contributed by atoms with Crippen LogP contribution in [0.5, 0.6) is 0 Å². The zero-order valence-corrected chi connectivity index (χ0v) is 12.3. The van der Waals surface area contributed by atoms with Crippen molar-refractivity contribution in [1.82, 2.24) is 5.32 Å². The summed E-state index contributed by atoms with van der Waals surface area (Å²) in [7, 11) is 1.70. The van der Waals surface area contributed by atoms with Gasteiger partial charge in [0.1, 0.15) is 5.82 Å². The van der Waals surface area contributed by atoms with Gasteiger partial charge in [-0.25, -0.2) is 4.39 Å². The second-order valence-electron chi connectivity index (χ2n) is 5.40. The topological polar surface area (TPSA) is 30.5 Å². The molecule has 2 rings (SSSR count). The number of halogens is 1. The Labute approximate surface area is 120 Å². The molecule has 112 valence electrons. The molecule has 20 heavy (non-hydrogen) atoms. The van der Waals surface area contributed by atoms with Crippen LogP contribution in [0.2, 0.25) is 0 Å². The van der Waals surface area contributed by atoms with E-state index in [0.29, 0.717) is 18.1 Å². The van der Waals surface area contributed by atoms with Crippen molar-refractivity contribution in [3.63, 3.8) is 0 Å². The van der Waals surface area contributed by atoms with E-state index >= 15 is 0 Å². The standard InChI is InChI=1S/C16H24FNO2/c1-12-5-6-13(10-15(12)17)16-14(4-3-8-20-16)11-18-7-9-19-2/h5-6,10,14,16,18H,3-4,7-9,11H2,1-2H3. The Bertz CT molecular complexity index is 425. The molecule has 0 bridgehead atoms. The summed E-state index contributed by atoms with van der Waals surface area (Å²) in [6.45, 7) is 4.96. The van der Waals surface area contributed by atoms with Gasteiger partial charge in [-0.3, -0.25) is 0 Å². The van der Waals surface area contributed by atoms with Gasteiger partial charge < -0.3 is 14.8 Å². The Morgan fingerprint density at radius 3 is 3.05 bits per heavy atom. The van der Waals surface area contributed by atoms with E-state index in [9.17, 15) is 4.39 Å². The summed E-state index contributed by atoms with van der Waals surface area (Å²) in [5.41, 5.74) is 1.63. The molecule has 1 fully saturated rings. The molecule has 1 aliphatic heterocycles. The van der Waals surface area contributed by atoms with E-state index in [1.807, 2.05) is 12.1 Å². The van der Waals surface area contributed by atoms with Crippen LogP contribution in [0.25, 0.3) is 0 Å². The van der Waals surface area contributed by atoms with Crippen LogP contribution in [0.15, 0.2) is 18.2 Å². The predicted molar refractivity (Wildman–Crippen MR) is 77.3 cm³/mol. The second-order valence-corrected chi connectivity index (χ2v) is 5.40. The molecular weight excluding hydrogens is 257 g/mol. The summed E-state index contributed by atoms with van der Waals surface area (Å²) in [6.07, 6.45) is 2.18. The summed E-state index contributed by atoms with van der Waals surface area (Å²) in [4.78, 5) is 0. The van der Waals surface area contributed by atoms with Crippen LogP contribution in [0.4, 0.5) is 4.39 Å². The molecule has 2 unspecified atom stereocenters. The van der Waals surface area contributed by atoms with Crippen LogP contribution in [0.3, 0.4) is 0 Å². The molecule has 0 aromatic heterocycles. The van der Waals surface area contributed by atoms with Gasteiger partial charge in [0.15, 0.2) is 0 Å². The Kier molecular flexibility index (Phi) is 5.95. The number of hydrogen-bond donors (Lipinski definition) is 1. The van der Waals surface area contributed by atoms with Crippen molar-refractivity contribution in [3.05, 3.63) is 35.1 Å². The first-order valence-corrected chi connectivity index (χ1v) is 7.29. The van der Waals surface area contributed by atoms with E-state index in [-0.39, 0.29) is 11.9 Å². The molecule has 1 aromatic rings. The molecule has 1 saturated heterocycles. The number of hydrogen-bond acceptors (Lipinski definition) is 3. The molecule has 3 nitrogen and oxygen atoms in total. The molecule has 1 aliphatic rings. The molecule has 2 atom stereocenters. The van der Waals surface area contributed by atoms with Crippen molar-refractivity contribution in [2.75, 3.05) is 33.4 Å². The van der Waals surface area contributed by atoms with Crippen molar-refractivity contribution >= 4 is 0 Å². The second kappa shape index (κ2) is 7.72. The fourth-order valence-electron chi connectivity index (χ4n) is 2.67. The maximum atomic E-state index is 13.7. The van der Waals surface area contributed by atoms with Gasteiger partial charge in [0.05, 0.1) is 12.7 Å². The molecule has 1 heterocycles. The third kappa shape index (κ3) is 4.01. The average Bonchev–Trinajstić information content (AvgIpc) is 2.47. The van der Waals surface area contributed by atoms with E-state index in [2.05, 4.69) is 5.32 Å². The molecule has 0 amide bonds. The van der Waals surface area contributed by atoms with Crippen molar-refractivity contribution < 1.29 is 13.9 Å². The third-order valence-corrected chi connectivity index (χ3v) is 3.86. The maximum absolute atomic E-state index is 13.7. The third-order valence-electron chi connectivity index (χ3n) is 3.86. The van der Waals surface area contributed by atoms with Crippen molar-refractivity contribution in [2.45, 2.75) is 25.9 Å². The highest BCUT2D eigenvalue weighted by molar-refractivity contribution is 5.25. The van der Waals surface area contributed by atoms with Gasteiger partial charge in [-0.15, -0.1) is 0 Å². The molecule has 1 N–H and O–H groups in total. The van der Waals surface area contributed by atoms with Crippen molar-refractivity contribution in [2.24, 2.45) is 5.92 Å². The molecule has 0 saturated carbocycles. The van der Waals surface area contributed by atoms with Crippen LogP contribution in [-0.4, -0.2) is 33.4 Å². The first-order valence-electron chi connectivity index (χ1n) is 7.29. The summed E-state index contributed by atoms with van der Waals surface area (Å²) in [5.74, 6) is 0.241. The van der Waals surface area contributed by atoms with Crippen LogP contribution in [0.1, 0.15) is 30.1 Å². The number of methoxy groups -OCH3 is 1. The van der Waals surface area contributed by atoms with Crippen LogP contribution < -0.4 is 5.32 Å². The minimum Gasteiger partial charge on any atom is -0.383 e. The number of rotatable bonds is 6. The summed E-state index contributed by atoms with van der Waals surface area (Å²) in [5, 5.41) is 3.38. The number of benzene rings is 1. The van der Waals surface area contributed by atoms with Crippen LogP contribution >= 0.6 is 0 Å². The molecule has 0 spiro atoms. The number of ether oxygens (including phenoxy) is 2. The van der Waals surface area contributed by atoms with Gasteiger partial charge in [-0.05, 0) is 37.0 Å². The summed E-state index contributed by atoms with van der Waals surface area (Å²) < 4.78 is 24.6. The lowest BCUT2D eigenvalue weighted by molar-refractivity contribution is -0.0281. The van der Waals surface area contributed by atoms with Gasteiger partial charge in [0.25, 0.3) is 0 Å². The maximum Gasteiger partial charge on any atom is 0.126 e. The zero-order chi connectivity index (χ0) is 14.4. The van der Waals surface area contributed by atoms with E-state index in [4.69, 9.17) is 9.47 Å². The van der Waals surface area contributed by atoms with Gasteiger partial charge in [-0.1, -0.05) is 12.1 Å². The lowest BCUT2D eigenvalue weighted by Gasteiger charge is -2.32. The Balaban J connectivity index is 2.00. The van der Waals surface area contributed by atoms with Crippen molar-refractivity contribution in [3.8, 4) is 0 Å². The molecule has 1 aromatic carbocycles. The summed E-state index contributed by atoms with van der Waals surface area (Å²) >= 11 is 0. The van der Waals surface area contributed by atoms with Gasteiger partial charge in [0, 0.05) is 32.7 Å². The quantitative estimate of drug-likeness (QED) is 0.813.